The SMILES string of the molecule is CC(C)C[C@H](N)B(O)O.O=C(N[C@@H](Cc1ccccc1)C(=O)O)c1ccc2ccccc2n1. The van der Waals surface area contributed by atoms with Gasteiger partial charge >= 0.3 is 13.1 Å². The lowest BCUT2D eigenvalue weighted by Crippen LogP contribution is -2.42. The highest BCUT2D eigenvalue weighted by Crippen LogP contribution is 2.12. The molecule has 174 valence electrons. The van der Waals surface area contributed by atoms with Gasteiger partial charge in [-0.1, -0.05) is 68.4 Å². The number of hydrogen-bond acceptors (Lipinski definition) is 6. The van der Waals surface area contributed by atoms with Crippen LogP contribution in [0.2, 0.25) is 0 Å². The quantitative estimate of drug-likeness (QED) is 0.330. The van der Waals surface area contributed by atoms with Gasteiger partial charge < -0.3 is 26.2 Å². The van der Waals surface area contributed by atoms with Gasteiger partial charge in [0, 0.05) is 17.7 Å². The first-order valence-electron chi connectivity index (χ1n) is 10.7. The highest BCUT2D eigenvalue weighted by Gasteiger charge is 2.22. The molecule has 0 spiro atoms. The van der Waals surface area contributed by atoms with Crippen molar-refractivity contribution in [2.75, 3.05) is 0 Å². The smallest absolute Gasteiger partial charge is 0.469 e. The highest BCUT2D eigenvalue weighted by molar-refractivity contribution is 6.43. The summed E-state index contributed by atoms with van der Waals surface area (Å²) in [5.41, 5.74) is 7.06. The number of fused-ring (bicyclic) bond motifs is 1. The molecule has 3 aromatic rings. The molecule has 0 aliphatic rings. The molecular formula is C24H30BN3O5. The van der Waals surface area contributed by atoms with Crippen LogP contribution in [0.4, 0.5) is 0 Å². The summed E-state index contributed by atoms with van der Waals surface area (Å²) >= 11 is 0. The van der Waals surface area contributed by atoms with Crippen LogP contribution in [0, 0.1) is 5.92 Å². The summed E-state index contributed by atoms with van der Waals surface area (Å²) in [4.78, 5) is 28.1. The molecule has 6 N–H and O–H groups in total. The number of carbonyl (C=O) groups excluding carboxylic acids is 1. The van der Waals surface area contributed by atoms with Gasteiger partial charge in [0.25, 0.3) is 5.91 Å². The van der Waals surface area contributed by atoms with E-state index in [2.05, 4.69) is 10.3 Å². The lowest BCUT2D eigenvalue weighted by molar-refractivity contribution is -0.139. The Morgan fingerprint density at radius 1 is 1.00 bits per heavy atom. The van der Waals surface area contributed by atoms with Crippen molar-refractivity contribution in [2.24, 2.45) is 11.7 Å². The number of nitrogens with zero attached hydrogens (tertiary/aromatic N) is 1. The Morgan fingerprint density at radius 3 is 2.21 bits per heavy atom. The van der Waals surface area contributed by atoms with Gasteiger partial charge in [0.1, 0.15) is 11.7 Å². The molecule has 0 aliphatic heterocycles. The van der Waals surface area contributed by atoms with Gasteiger partial charge in [-0.2, -0.15) is 0 Å². The molecule has 0 saturated heterocycles. The van der Waals surface area contributed by atoms with Crippen molar-refractivity contribution in [3.8, 4) is 0 Å². The van der Waals surface area contributed by atoms with E-state index in [-0.39, 0.29) is 12.1 Å². The number of amides is 1. The van der Waals surface area contributed by atoms with Crippen LogP contribution in [-0.4, -0.2) is 51.1 Å². The number of nitrogens with two attached hydrogens (primary N) is 1. The second-order valence-corrected chi connectivity index (χ2v) is 8.15. The zero-order valence-corrected chi connectivity index (χ0v) is 18.8. The number of pyridine rings is 1. The van der Waals surface area contributed by atoms with Gasteiger partial charge in [-0.25, -0.2) is 9.78 Å². The third-order valence-electron chi connectivity index (χ3n) is 4.84. The second-order valence-electron chi connectivity index (χ2n) is 8.15. The van der Waals surface area contributed by atoms with Crippen LogP contribution in [0.25, 0.3) is 10.9 Å². The van der Waals surface area contributed by atoms with Crippen molar-refractivity contribution in [2.45, 2.75) is 38.7 Å². The number of carboxylic acid groups (broad SMARTS) is 1. The van der Waals surface area contributed by atoms with Crippen molar-refractivity contribution in [1.82, 2.24) is 10.3 Å². The van der Waals surface area contributed by atoms with E-state index in [1.807, 2.05) is 68.4 Å². The molecule has 0 saturated carbocycles. The van der Waals surface area contributed by atoms with E-state index in [1.54, 1.807) is 12.1 Å². The number of para-hydroxylation sites is 1. The van der Waals surface area contributed by atoms with Crippen LogP contribution < -0.4 is 11.1 Å². The topological polar surface area (TPSA) is 146 Å². The van der Waals surface area contributed by atoms with E-state index >= 15 is 0 Å². The van der Waals surface area contributed by atoms with Crippen molar-refractivity contribution < 1.29 is 24.7 Å². The maximum absolute atomic E-state index is 12.4. The third kappa shape index (κ3) is 8.65. The molecule has 33 heavy (non-hydrogen) atoms. The highest BCUT2D eigenvalue weighted by atomic mass is 16.4. The fourth-order valence-corrected chi connectivity index (χ4v) is 3.14. The lowest BCUT2D eigenvalue weighted by atomic mass is 9.76. The molecule has 0 radical (unpaired) electrons. The molecule has 0 fully saturated rings. The standard InChI is InChI=1S/C19H16N2O3.C5H14BNO2/c22-18(16-11-10-14-8-4-5-9-15(14)20-16)21-17(19(23)24)12-13-6-2-1-3-7-13;1-4(2)3-5(7)6(8)9/h1-11,17H,12H2,(H,21,22)(H,23,24);4-5,8-9H,3,7H2,1-2H3/t17-;5-/m00/s1. The lowest BCUT2D eigenvalue weighted by Gasteiger charge is -2.14. The van der Waals surface area contributed by atoms with Gasteiger partial charge in [0.05, 0.1) is 5.52 Å². The molecule has 0 bridgehead atoms. The molecular weight excluding hydrogens is 421 g/mol. The first-order valence-corrected chi connectivity index (χ1v) is 10.7. The second kappa shape index (κ2) is 12.7. The van der Waals surface area contributed by atoms with Crippen LogP contribution >= 0.6 is 0 Å². The molecule has 2 atom stereocenters. The summed E-state index contributed by atoms with van der Waals surface area (Å²) in [6.45, 7) is 3.98. The average Bonchev–Trinajstić information content (AvgIpc) is 2.78. The predicted octanol–water partition coefficient (Wildman–Crippen LogP) is 2.03. The van der Waals surface area contributed by atoms with Gasteiger partial charge in [0.15, 0.2) is 0 Å². The van der Waals surface area contributed by atoms with Crippen LogP contribution in [0.3, 0.4) is 0 Å². The summed E-state index contributed by atoms with van der Waals surface area (Å²) in [7, 11) is -1.37. The van der Waals surface area contributed by atoms with Crippen LogP contribution in [0.5, 0.6) is 0 Å². The Kier molecular flexibility index (Phi) is 9.99. The Balaban J connectivity index is 0.000000365. The fourth-order valence-electron chi connectivity index (χ4n) is 3.14. The van der Waals surface area contributed by atoms with Gasteiger partial charge in [-0.05, 0) is 30.0 Å². The molecule has 9 heteroatoms. The van der Waals surface area contributed by atoms with Gasteiger partial charge in [0.2, 0.25) is 0 Å². The van der Waals surface area contributed by atoms with Crippen molar-refractivity contribution in [1.29, 1.82) is 0 Å². The van der Waals surface area contributed by atoms with Gasteiger partial charge in [-0.15, -0.1) is 0 Å². The number of nitrogens with one attached hydrogen (secondary N) is 1. The average molecular weight is 451 g/mol. The Bertz CT molecular complexity index is 1050. The summed E-state index contributed by atoms with van der Waals surface area (Å²) in [5.74, 6) is -1.65. The Morgan fingerprint density at radius 2 is 1.64 bits per heavy atom. The first-order chi connectivity index (χ1) is 15.7. The largest absolute Gasteiger partial charge is 0.480 e. The summed E-state index contributed by atoms with van der Waals surface area (Å²) < 4.78 is 0. The fraction of sp³-hybridized carbons (Fsp3) is 0.292. The Labute approximate surface area is 193 Å². The molecule has 0 aliphatic carbocycles. The van der Waals surface area contributed by atoms with Crippen LogP contribution in [-0.2, 0) is 11.2 Å². The molecule has 0 unspecified atom stereocenters. The number of rotatable bonds is 8. The third-order valence-corrected chi connectivity index (χ3v) is 4.84. The minimum absolute atomic E-state index is 0.202. The van der Waals surface area contributed by atoms with E-state index in [4.69, 9.17) is 15.8 Å². The number of aromatic nitrogens is 1. The van der Waals surface area contributed by atoms with Crippen LogP contribution in [0.15, 0.2) is 66.7 Å². The maximum Gasteiger partial charge on any atom is 0.469 e. The van der Waals surface area contributed by atoms with E-state index in [0.29, 0.717) is 17.9 Å². The summed E-state index contributed by atoms with van der Waals surface area (Å²) in [6, 6.07) is 19.0. The molecule has 1 amide bonds. The predicted molar refractivity (Wildman–Crippen MR) is 128 cm³/mol. The first kappa shape index (κ1) is 26.0. The summed E-state index contributed by atoms with van der Waals surface area (Å²) in [5, 5.41) is 29.8. The monoisotopic (exact) mass is 451 g/mol. The van der Waals surface area contributed by atoms with Crippen molar-refractivity contribution in [3.05, 3.63) is 78.0 Å². The zero-order valence-electron chi connectivity index (χ0n) is 18.8. The molecule has 1 heterocycles. The number of aliphatic carboxylic acids is 1. The van der Waals surface area contributed by atoms with E-state index in [1.165, 1.54) is 0 Å². The normalized spacial score (nSPS) is 12.4. The molecule has 8 nitrogen and oxygen atoms in total. The zero-order chi connectivity index (χ0) is 24.4. The summed E-state index contributed by atoms with van der Waals surface area (Å²) in [6.07, 6.45) is 0.868. The van der Waals surface area contributed by atoms with Crippen LogP contribution in [0.1, 0.15) is 36.3 Å². The number of hydrogen-bond donors (Lipinski definition) is 5. The van der Waals surface area contributed by atoms with Gasteiger partial charge in [-0.3, -0.25) is 4.79 Å². The van der Waals surface area contributed by atoms with E-state index in [0.717, 1.165) is 10.9 Å². The minimum Gasteiger partial charge on any atom is -0.480 e. The van der Waals surface area contributed by atoms with E-state index < -0.39 is 31.0 Å². The maximum atomic E-state index is 12.4. The Hall–Kier alpha value is -3.27. The number of carbonyl (C=O) groups is 2. The van der Waals surface area contributed by atoms with Crippen molar-refractivity contribution in [3.63, 3.8) is 0 Å². The molecule has 2 aromatic carbocycles. The minimum atomic E-state index is -1.37. The number of carboxylic acids is 1. The van der Waals surface area contributed by atoms with E-state index in [9.17, 15) is 14.7 Å². The molecule has 3 rings (SSSR count). The number of benzene rings is 2. The van der Waals surface area contributed by atoms with Crippen molar-refractivity contribution >= 4 is 29.9 Å². The molecule has 1 aromatic heterocycles.